The van der Waals surface area contributed by atoms with Gasteiger partial charge in [-0.05, 0) is 24.4 Å². The summed E-state index contributed by atoms with van der Waals surface area (Å²) < 4.78 is 0. The van der Waals surface area contributed by atoms with E-state index in [1.807, 2.05) is 24.4 Å². The highest BCUT2D eigenvalue weighted by Crippen LogP contribution is 2.24. The molecule has 0 unspecified atom stereocenters. The van der Waals surface area contributed by atoms with Crippen LogP contribution in [-0.2, 0) is 0 Å². The highest BCUT2D eigenvalue weighted by Gasteiger charge is 2.09. The van der Waals surface area contributed by atoms with Gasteiger partial charge in [0.15, 0.2) is 0 Å². The minimum atomic E-state index is -0.501. The minimum absolute atomic E-state index is 0.0206. The molecule has 0 aliphatic heterocycles. The SMILES string of the molecule is C[C@@H](N=Cc1cc([N+](=O)[O-])ccc1O)c1cccs1. The number of phenolic OH excluding ortho intramolecular Hbond substituents is 1. The highest BCUT2D eigenvalue weighted by molar-refractivity contribution is 7.10. The first kappa shape index (κ1) is 13.2. The molecule has 1 aromatic carbocycles. The van der Waals surface area contributed by atoms with Gasteiger partial charge in [-0.3, -0.25) is 15.1 Å². The number of thiophene rings is 1. The van der Waals surface area contributed by atoms with Crippen LogP contribution in [0.25, 0.3) is 0 Å². The molecule has 1 aromatic heterocycles. The molecule has 0 saturated heterocycles. The van der Waals surface area contributed by atoms with Crippen molar-refractivity contribution < 1.29 is 10.0 Å². The lowest BCUT2D eigenvalue weighted by Crippen LogP contribution is -1.92. The van der Waals surface area contributed by atoms with Crippen molar-refractivity contribution in [1.82, 2.24) is 0 Å². The Morgan fingerprint density at radius 3 is 2.89 bits per heavy atom. The molecule has 1 heterocycles. The van der Waals surface area contributed by atoms with Gasteiger partial charge in [0.05, 0.1) is 11.0 Å². The Kier molecular flexibility index (Phi) is 3.91. The Morgan fingerprint density at radius 2 is 2.26 bits per heavy atom. The number of non-ortho nitro benzene ring substituents is 1. The normalized spacial score (nSPS) is 12.7. The largest absolute Gasteiger partial charge is 0.507 e. The van der Waals surface area contributed by atoms with Crippen molar-refractivity contribution in [2.45, 2.75) is 13.0 Å². The topological polar surface area (TPSA) is 75.7 Å². The molecular formula is C13H12N2O3S. The van der Waals surface area contributed by atoms with Crippen LogP contribution >= 0.6 is 11.3 Å². The van der Waals surface area contributed by atoms with Gasteiger partial charge < -0.3 is 5.11 Å². The Bertz CT molecular complexity index is 608. The summed E-state index contributed by atoms with van der Waals surface area (Å²) >= 11 is 1.59. The molecule has 6 heteroatoms. The number of aromatic hydroxyl groups is 1. The smallest absolute Gasteiger partial charge is 0.270 e. The average molecular weight is 276 g/mol. The summed E-state index contributed by atoms with van der Waals surface area (Å²) in [6.07, 6.45) is 1.46. The van der Waals surface area contributed by atoms with Gasteiger partial charge in [0, 0.05) is 28.8 Å². The third-order valence-corrected chi connectivity index (χ3v) is 3.66. The van der Waals surface area contributed by atoms with Crippen molar-refractivity contribution in [3.8, 4) is 5.75 Å². The second-order valence-electron chi connectivity index (χ2n) is 3.97. The van der Waals surface area contributed by atoms with Crippen LogP contribution in [0.1, 0.15) is 23.4 Å². The van der Waals surface area contributed by atoms with Crippen LogP contribution in [0.15, 0.2) is 40.7 Å². The van der Waals surface area contributed by atoms with Crippen LogP contribution in [0.2, 0.25) is 0 Å². The van der Waals surface area contributed by atoms with Crippen LogP contribution in [0.4, 0.5) is 5.69 Å². The molecule has 19 heavy (non-hydrogen) atoms. The van der Waals surface area contributed by atoms with E-state index >= 15 is 0 Å². The predicted molar refractivity (Wildman–Crippen MR) is 75.1 cm³/mol. The molecule has 0 amide bonds. The molecule has 0 bridgehead atoms. The second-order valence-corrected chi connectivity index (χ2v) is 4.95. The highest BCUT2D eigenvalue weighted by atomic mass is 32.1. The van der Waals surface area contributed by atoms with Gasteiger partial charge in [0.2, 0.25) is 0 Å². The Labute approximate surface area is 114 Å². The number of aliphatic imine (C=N–C) groups is 1. The van der Waals surface area contributed by atoms with Gasteiger partial charge in [0.25, 0.3) is 5.69 Å². The van der Waals surface area contributed by atoms with Gasteiger partial charge in [-0.25, -0.2) is 0 Å². The number of nitro groups is 1. The number of benzene rings is 1. The fraction of sp³-hybridized carbons (Fsp3) is 0.154. The maximum Gasteiger partial charge on any atom is 0.270 e. The van der Waals surface area contributed by atoms with E-state index in [-0.39, 0.29) is 17.5 Å². The van der Waals surface area contributed by atoms with E-state index in [0.717, 1.165) is 4.88 Å². The van der Waals surface area contributed by atoms with E-state index in [1.54, 1.807) is 11.3 Å². The molecule has 2 rings (SSSR count). The standard InChI is InChI=1S/C13H12N2O3S/c1-9(13-3-2-6-19-13)14-8-10-7-11(15(17)18)4-5-12(10)16/h2-9,16H,1H3/t9-/m1/s1. The molecule has 1 N–H and O–H groups in total. The molecule has 0 fully saturated rings. The minimum Gasteiger partial charge on any atom is -0.507 e. The first-order chi connectivity index (χ1) is 9.08. The summed E-state index contributed by atoms with van der Waals surface area (Å²) in [5, 5.41) is 22.3. The first-order valence-electron chi connectivity index (χ1n) is 5.62. The quantitative estimate of drug-likeness (QED) is 0.527. The maximum absolute atomic E-state index is 10.7. The zero-order valence-electron chi connectivity index (χ0n) is 10.2. The van der Waals surface area contributed by atoms with Crippen molar-refractivity contribution in [3.63, 3.8) is 0 Å². The molecular weight excluding hydrogens is 264 g/mol. The Balaban J connectivity index is 2.23. The second kappa shape index (κ2) is 5.62. The van der Waals surface area contributed by atoms with E-state index in [2.05, 4.69) is 4.99 Å². The average Bonchev–Trinajstić information content (AvgIpc) is 2.91. The fourth-order valence-electron chi connectivity index (χ4n) is 1.55. The Morgan fingerprint density at radius 1 is 1.47 bits per heavy atom. The lowest BCUT2D eigenvalue weighted by atomic mass is 10.2. The summed E-state index contributed by atoms with van der Waals surface area (Å²) in [5.41, 5.74) is 0.278. The lowest BCUT2D eigenvalue weighted by molar-refractivity contribution is -0.384. The maximum atomic E-state index is 10.7. The summed E-state index contributed by atoms with van der Waals surface area (Å²) in [7, 11) is 0. The summed E-state index contributed by atoms with van der Waals surface area (Å²) in [4.78, 5) is 15.6. The van der Waals surface area contributed by atoms with Crippen LogP contribution in [0, 0.1) is 10.1 Å². The van der Waals surface area contributed by atoms with Crippen LogP contribution < -0.4 is 0 Å². The van der Waals surface area contributed by atoms with Gasteiger partial charge >= 0.3 is 0 Å². The van der Waals surface area contributed by atoms with Crippen LogP contribution in [0.3, 0.4) is 0 Å². The molecule has 5 nitrogen and oxygen atoms in total. The van der Waals surface area contributed by atoms with Crippen molar-refractivity contribution in [2.24, 2.45) is 4.99 Å². The monoisotopic (exact) mass is 276 g/mol. The van der Waals surface area contributed by atoms with E-state index < -0.39 is 4.92 Å². The van der Waals surface area contributed by atoms with Crippen molar-refractivity contribution in [2.75, 3.05) is 0 Å². The molecule has 1 atom stereocenters. The van der Waals surface area contributed by atoms with E-state index in [4.69, 9.17) is 0 Å². The number of hydrogen-bond donors (Lipinski definition) is 1. The van der Waals surface area contributed by atoms with Crippen molar-refractivity contribution in [3.05, 3.63) is 56.3 Å². The fourth-order valence-corrected chi connectivity index (χ4v) is 2.28. The predicted octanol–water partition coefficient (Wildman–Crippen LogP) is 3.54. The molecule has 0 saturated carbocycles. The number of nitrogens with zero attached hydrogens (tertiary/aromatic N) is 2. The third kappa shape index (κ3) is 3.17. The molecule has 0 aliphatic rings. The van der Waals surface area contributed by atoms with Crippen molar-refractivity contribution >= 4 is 23.2 Å². The van der Waals surface area contributed by atoms with E-state index in [0.29, 0.717) is 5.56 Å². The number of phenols is 1. The van der Waals surface area contributed by atoms with E-state index in [1.165, 1.54) is 24.4 Å². The summed E-state index contributed by atoms with van der Waals surface area (Å²) in [5.74, 6) is -0.0206. The number of rotatable bonds is 4. The summed E-state index contributed by atoms with van der Waals surface area (Å²) in [6, 6.07) is 7.74. The molecule has 98 valence electrons. The number of nitro benzene ring substituents is 1. The lowest BCUT2D eigenvalue weighted by Gasteiger charge is -2.03. The van der Waals surface area contributed by atoms with Gasteiger partial charge in [-0.1, -0.05) is 6.07 Å². The third-order valence-electron chi connectivity index (χ3n) is 2.61. The van der Waals surface area contributed by atoms with Gasteiger partial charge in [0.1, 0.15) is 5.75 Å². The first-order valence-corrected chi connectivity index (χ1v) is 6.50. The van der Waals surface area contributed by atoms with E-state index in [9.17, 15) is 15.2 Å². The molecule has 0 radical (unpaired) electrons. The zero-order chi connectivity index (χ0) is 13.8. The van der Waals surface area contributed by atoms with Crippen LogP contribution in [-0.4, -0.2) is 16.2 Å². The van der Waals surface area contributed by atoms with Crippen LogP contribution in [0.5, 0.6) is 5.75 Å². The van der Waals surface area contributed by atoms with Gasteiger partial charge in [-0.15, -0.1) is 11.3 Å². The number of hydrogen-bond acceptors (Lipinski definition) is 5. The van der Waals surface area contributed by atoms with Crippen molar-refractivity contribution in [1.29, 1.82) is 0 Å². The molecule has 0 aliphatic carbocycles. The van der Waals surface area contributed by atoms with Gasteiger partial charge in [-0.2, -0.15) is 0 Å². The Hall–Kier alpha value is -2.21. The molecule has 2 aromatic rings. The zero-order valence-corrected chi connectivity index (χ0v) is 11.0. The summed E-state index contributed by atoms with van der Waals surface area (Å²) in [6.45, 7) is 1.93. The molecule has 0 spiro atoms.